The molecule has 9 heteroatoms. The molecule has 1 atom stereocenters. The fraction of sp³-hybridized carbons (Fsp3) is 0.909. The first kappa shape index (κ1) is 20.5. The highest BCUT2D eigenvalue weighted by Crippen LogP contribution is 2.60. The van der Waals surface area contributed by atoms with Crippen molar-refractivity contribution in [3.63, 3.8) is 0 Å². The number of alkyl halides is 3. The average Bonchev–Trinajstić information content (AvgIpc) is 2.24. The second kappa shape index (κ2) is 8.82. The molecule has 0 N–H and O–H groups in total. The average molecular weight is 370 g/mol. The standard InChI is InChI=1S/C11H20Cl3O5P/c1-5-17-20(16,18-6-2)10(11(12,13)14)19-9(15)7-8(3)4/h8,10H,5-7H2,1-4H3. The van der Waals surface area contributed by atoms with Crippen LogP contribution in [0, 0.1) is 5.92 Å². The number of esters is 1. The number of hydrogen-bond donors (Lipinski definition) is 0. The molecular formula is C11H20Cl3O5P. The Morgan fingerprint density at radius 2 is 1.60 bits per heavy atom. The summed E-state index contributed by atoms with van der Waals surface area (Å²) in [7, 11) is -3.89. The third-order valence-corrected chi connectivity index (χ3v) is 5.36. The van der Waals surface area contributed by atoms with Crippen LogP contribution in [-0.2, 0) is 23.1 Å². The predicted octanol–water partition coefficient (Wildman–Crippen LogP) is 4.54. The zero-order chi connectivity index (χ0) is 16.0. The third kappa shape index (κ3) is 6.97. The second-order valence-electron chi connectivity index (χ2n) is 4.36. The maximum absolute atomic E-state index is 12.6. The van der Waals surface area contributed by atoms with Gasteiger partial charge in [-0.15, -0.1) is 0 Å². The van der Waals surface area contributed by atoms with Crippen LogP contribution in [0.5, 0.6) is 0 Å². The first-order chi connectivity index (χ1) is 9.06. The normalized spacial score (nSPS) is 14.4. The largest absolute Gasteiger partial charge is 0.445 e. The molecule has 0 radical (unpaired) electrons. The first-order valence-electron chi connectivity index (χ1n) is 6.21. The summed E-state index contributed by atoms with van der Waals surface area (Å²) in [5.41, 5.74) is 0. The van der Waals surface area contributed by atoms with Crippen LogP contribution in [0.4, 0.5) is 0 Å². The van der Waals surface area contributed by atoms with Gasteiger partial charge in [0.1, 0.15) is 0 Å². The minimum Gasteiger partial charge on any atom is -0.445 e. The maximum atomic E-state index is 12.6. The van der Waals surface area contributed by atoms with Crippen LogP contribution >= 0.6 is 42.4 Å². The molecule has 0 aromatic rings. The van der Waals surface area contributed by atoms with Gasteiger partial charge in [0.15, 0.2) is 0 Å². The Kier molecular flexibility index (Phi) is 9.03. The van der Waals surface area contributed by atoms with Gasteiger partial charge in [0.05, 0.1) is 13.2 Å². The van der Waals surface area contributed by atoms with Crippen molar-refractivity contribution in [3.8, 4) is 0 Å². The number of halogens is 3. The van der Waals surface area contributed by atoms with Gasteiger partial charge < -0.3 is 13.8 Å². The van der Waals surface area contributed by atoms with Gasteiger partial charge in [-0.3, -0.25) is 9.36 Å². The molecule has 0 amide bonds. The van der Waals surface area contributed by atoms with Crippen LogP contribution in [-0.4, -0.2) is 28.8 Å². The van der Waals surface area contributed by atoms with Gasteiger partial charge in [0, 0.05) is 6.42 Å². The molecule has 0 rings (SSSR count). The highest BCUT2D eigenvalue weighted by Gasteiger charge is 2.51. The van der Waals surface area contributed by atoms with Gasteiger partial charge >= 0.3 is 13.6 Å². The molecule has 5 nitrogen and oxygen atoms in total. The summed E-state index contributed by atoms with van der Waals surface area (Å²) in [4.78, 5) is 11.7. The minimum atomic E-state index is -3.89. The molecular weight excluding hydrogens is 349 g/mol. The van der Waals surface area contributed by atoms with E-state index in [1.54, 1.807) is 13.8 Å². The van der Waals surface area contributed by atoms with Crippen molar-refractivity contribution >= 4 is 48.4 Å². The molecule has 0 aromatic carbocycles. The molecule has 0 bridgehead atoms. The number of rotatable bonds is 8. The molecule has 0 saturated carbocycles. The smallest absolute Gasteiger partial charge is 0.375 e. The molecule has 0 saturated heterocycles. The van der Waals surface area contributed by atoms with Gasteiger partial charge in [-0.2, -0.15) is 0 Å². The van der Waals surface area contributed by atoms with E-state index < -0.39 is 23.2 Å². The molecule has 120 valence electrons. The van der Waals surface area contributed by atoms with Crippen molar-refractivity contribution < 1.29 is 23.1 Å². The van der Waals surface area contributed by atoms with Crippen LogP contribution in [0.15, 0.2) is 0 Å². The van der Waals surface area contributed by atoms with E-state index in [-0.39, 0.29) is 25.6 Å². The lowest BCUT2D eigenvalue weighted by Crippen LogP contribution is -2.33. The fourth-order valence-electron chi connectivity index (χ4n) is 1.35. The highest BCUT2D eigenvalue weighted by atomic mass is 35.6. The Labute approximate surface area is 134 Å². The number of carbonyl (C=O) groups excluding carboxylic acids is 1. The second-order valence-corrected chi connectivity index (χ2v) is 8.79. The molecule has 0 spiro atoms. The van der Waals surface area contributed by atoms with E-state index in [1.807, 2.05) is 13.8 Å². The van der Waals surface area contributed by atoms with Crippen LogP contribution in [0.3, 0.4) is 0 Å². The monoisotopic (exact) mass is 368 g/mol. The molecule has 0 aliphatic carbocycles. The van der Waals surface area contributed by atoms with Crippen molar-refractivity contribution in [1.29, 1.82) is 0 Å². The SMILES string of the molecule is CCOP(=O)(OCC)C(OC(=O)CC(C)C)C(Cl)(Cl)Cl. The lowest BCUT2D eigenvalue weighted by Gasteiger charge is -2.30. The Morgan fingerprint density at radius 3 is 1.90 bits per heavy atom. The zero-order valence-corrected chi connectivity index (χ0v) is 15.1. The summed E-state index contributed by atoms with van der Waals surface area (Å²) >= 11 is 17.3. The first-order valence-corrected chi connectivity index (χ1v) is 8.96. The van der Waals surface area contributed by atoms with Gasteiger partial charge in [-0.1, -0.05) is 48.7 Å². The lowest BCUT2D eigenvalue weighted by molar-refractivity contribution is -0.147. The predicted molar refractivity (Wildman–Crippen MR) is 80.5 cm³/mol. The number of carbonyl (C=O) groups is 1. The number of hydrogen-bond acceptors (Lipinski definition) is 5. The van der Waals surface area contributed by atoms with Crippen molar-refractivity contribution in [2.45, 2.75) is 43.8 Å². The quantitative estimate of drug-likeness (QED) is 0.357. The molecule has 0 aliphatic heterocycles. The van der Waals surface area contributed by atoms with E-state index >= 15 is 0 Å². The summed E-state index contributed by atoms with van der Waals surface area (Å²) in [6.07, 6.45) is 0.107. The molecule has 0 heterocycles. The summed E-state index contributed by atoms with van der Waals surface area (Å²) in [5.74, 6) is -2.18. The van der Waals surface area contributed by atoms with Gasteiger partial charge in [-0.25, -0.2) is 0 Å². The number of ether oxygens (including phenoxy) is 1. The Balaban J connectivity index is 5.22. The van der Waals surface area contributed by atoms with Crippen molar-refractivity contribution in [3.05, 3.63) is 0 Å². The highest BCUT2D eigenvalue weighted by molar-refractivity contribution is 7.55. The van der Waals surface area contributed by atoms with E-state index in [4.69, 9.17) is 48.6 Å². The fourth-order valence-corrected chi connectivity index (χ4v) is 4.23. The van der Waals surface area contributed by atoms with Crippen molar-refractivity contribution in [2.75, 3.05) is 13.2 Å². The van der Waals surface area contributed by atoms with Gasteiger partial charge in [0.25, 0.3) is 0 Å². The molecule has 20 heavy (non-hydrogen) atoms. The van der Waals surface area contributed by atoms with Gasteiger partial charge in [-0.05, 0) is 19.8 Å². The molecule has 0 aliphatic rings. The Bertz CT molecular complexity index is 346. The van der Waals surface area contributed by atoms with E-state index in [1.165, 1.54) is 0 Å². The molecule has 0 aromatic heterocycles. The van der Waals surface area contributed by atoms with E-state index in [9.17, 15) is 9.36 Å². The van der Waals surface area contributed by atoms with Crippen molar-refractivity contribution in [1.82, 2.24) is 0 Å². The Hall–Kier alpha value is 0.490. The Morgan fingerprint density at radius 1 is 1.15 bits per heavy atom. The maximum Gasteiger partial charge on any atom is 0.375 e. The third-order valence-electron chi connectivity index (χ3n) is 2.00. The van der Waals surface area contributed by atoms with Crippen LogP contribution in [0.25, 0.3) is 0 Å². The lowest BCUT2D eigenvalue weighted by atomic mass is 10.1. The summed E-state index contributed by atoms with van der Waals surface area (Å²) in [6.45, 7) is 7.01. The van der Waals surface area contributed by atoms with E-state index in [2.05, 4.69) is 0 Å². The summed E-state index contributed by atoms with van der Waals surface area (Å²) in [6, 6.07) is 0. The van der Waals surface area contributed by atoms with Crippen LogP contribution in [0.1, 0.15) is 34.1 Å². The minimum absolute atomic E-state index is 0.0529. The zero-order valence-electron chi connectivity index (χ0n) is 11.9. The van der Waals surface area contributed by atoms with E-state index in [0.29, 0.717) is 0 Å². The van der Waals surface area contributed by atoms with E-state index in [0.717, 1.165) is 0 Å². The van der Waals surface area contributed by atoms with Crippen molar-refractivity contribution in [2.24, 2.45) is 5.92 Å². The van der Waals surface area contributed by atoms with Crippen LogP contribution in [0.2, 0.25) is 0 Å². The summed E-state index contributed by atoms with van der Waals surface area (Å²) < 4.78 is 25.7. The summed E-state index contributed by atoms with van der Waals surface area (Å²) in [5, 5.41) is 0. The molecule has 1 unspecified atom stereocenters. The van der Waals surface area contributed by atoms with Crippen LogP contribution < -0.4 is 0 Å². The van der Waals surface area contributed by atoms with Gasteiger partial charge in [0.2, 0.25) is 9.64 Å². The topological polar surface area (TPSA) is 61.8 Å². The molecule has 0 fully saturated rings.